The number of fused-ring (bicyclic) bond motifs is 1. The molecule has 1 aromatic heterocycles. The summed E-state index contributed by atoms with van der Waals surface area (Å²) < 4.78 is 27.4. The van der Waals surface area contributed by atoms with Crippen LogP contribution < -0.4 is 10.0 Å². The first-order valence-corrected chi connectivity index (χ1v) is 9.09. The van der Waals surface area contributed by atoms with E-state index in [1.165, 1.54) is 16.9 Å². The summed E-state index contributed by atoms with van der Waals surface area (Å²) in [4.78, 5) is 5.50. The molecule has 112 valence electrons. The Balaban J connectivity index is 1.91. The number of thiazole rings is 1. The fourth-order valence-corrected chi connectivity index (χ4v) is 4.37. The Kier molecular flexibility index (Phi) is 3.62. The molecule has 2 N–H and O–H groups in total. The maximum absolute atomic E-state index is 12.4. The number of hydrogen-bond donors (Lipinski definition) is 2. The molecular formula is C14H17N3O2S2. The van der Waals surface area contributed by atoms with Gasteiger partial charge in [0.05, 0.1) is 10.6 Å². The molecule has 0 radical (unpaired) electrons. The molecule has 0 saturated carbocycles. The summed E-state index contributed by atoms with van der Waals surface area (Å²) in [6.07, 6.45) is 2.07. The fourth-order valence-electron chi connectivity index (χ4n) is 2.30. The highest BCUT2D eigenvalue weighted by Gasteiger charge is 2.19. The van der Waals surface area contributed by atoms with Gasteiger partial charge in [-0.15, -0.1) is 11.3 Å². The van der Waals surface area contributed by atoms with Gasteiger partial charge in [0.1, 0.15) is 0 Å². The topological polar surface area (TPSA) is 71.1 Å². The third-order valence-electron chi connectivity index (χ3n) is 3.58. The Morgan fingerprint density at radius 3 is 2.86 bits per heavy atom. The summed E-state index contributed by atoms with van der Waals surface area (Å²) >= 11 is 1.35. The molecule has 0 aliphatic carbocycles. The largest absolute Gasteiger partial charge is 0.385 e. The standard InChI is InChI=1S/C14H17N3O2S2/c1-9-10(2)20-14(16-9)17-21(18,19)12-6-5-11-4-3-7-15-13(11)8-12/h5-6,8,15H,3-4,7H2,1-2H3,(H,16,17). The van der Waals surface area contributed by atoms with Gasteiger partial charge in [0.15, 0.2) is 5.13 Å². The molecule has 1 aliphatic rings. The number of nitrogens with one attached hydrogen (secondary N) is 2. The first-order valence-electron chi connectivity index (χ1n) is 6.79. The number of sulfonamides is 1. The quantitative estimate of drug-likeness (QED) is 0.911. The van der Waals surface area contributed by atoms with Gasteiger partial charge in [0.25, 0.3) is 10.0 Å². The lowest BCUT2D eigenvalue weighted by molar-refractivity contribution is 0.601. The van der Waals surface area contributed by atoms with Crippen LogP contribution in [0.1, 0.15) is 22.6 Å². The monoisotopic (exact) mass is 323 g/mol. The van der Waals surface area contributed by atoms with E-state index >= 15 is 0 Å². The third-order valence-corrected chi connectivity index (χ3v) is 6.03. The van der Waals surface area contributed by atoms with Crippen LogP contribution in [0.25, 0.3) is 0 Å². The Labute approximate surface area is 128 Å². The Bertz CT molecular complexity index is 762. The lowest BCUT2D eigenvalue weighted by atomic mass is 10.0. The number of anilines is 2. The molecule has 0 saturated heterocycles. The van der Waals surface area contributed by atoms with Gasteiger partial charge in [0, 0.05) is 17.1 Å². The maximum atomic E-state index is 12.4. The number of nitrogens with zero attached hydrogens (tertiary/aromatic N) is 1. The van der Waals surface area contributed by atoms with Crippen molar-refractivity contribution >= 4 is 32.2 Å². The highest BCUT2D eigenvalue weighted by molar-refractivity contribution is 7.93. The number of hydrogen-bond acceptors (Lipinski definition) is 5. The second kappa shape index (κ2) is 5.31. The van der Waals surface area contributed by atoms with E-state index in [-0.39, 0.29) is 4.90 Å². The first kappa shape index (κ1) is 14.3. The molecule has 5 nitrogen and oxygen atoms in total. The first-order chi connectivity index (χ1) is 9.95. The van der Waals surface area contributed by atoms with Crippen LogP contribution in [0, 0.1) is 13.8 Å². The van der Waals surface area contributed by atoms with Gasteiger partial charge in [-0.1, -0.05) is 6.07 Å². The zero-order valence-electron chi connectivity index (χ0n) is 11.9. The van der Waals surface area contributed by atoms with E-state index in [0.29, 0.717) is 5.13 Å². The summed E-state index contributed by atoms with van der Waals surface area (Å²) in [5.74, 6) is 0. The average molecular weight is 323 g/mol. The molecule has 0 unspecified atom stereocenters. The van der Waals surface area contributed by atoms with Crippen molar-refractivity contribution in [3.8, 4) is 0 Å². The Morgan fingerprint density at radius 1 is 1.33 bits per heavy atom. The second-order valence-corrected chi connectivity index (χ2v) is 8.00. The van der Waals surface area contributed by atoms with Gasteiger partial charge < -0.3 is 5.32 Å². The lowest BCUT2D eigenvalue weighted by Gasteiger charge is -2.18. The van der Waals surface area contributed by atoms with Crippen molar-refractivity contribution in [2.24, 2.45) is 0 Å². The van der Waals surface area contributed by atoms with Crippen molar-refractivity contribution in [3.05, 3.63) is 34.3 Å². The van der Waals surface area contributed by atoms with Gasteiger partial charge in [-0.05, 0) is 44.4 Å². The van der Waals surface area contributed by atoms with Gasteiger partial charge >= 0.3 is 0 Å². The van der Waals surface area contributed by atoms with E-state index in [2.05, 4.69) is 15.0 Å². The van der Waals surface area contributed by atoms with Crippen molar-refractivity contribution in [3.63, 3.8) is 0 Å². The van der Waals surface area contributed by atoms with Gasteiger partial charge in [-0.2, -0.15) is 0 Å². The van der Waals surface area contributed by atoms with Crippen molar-refractivity contribution < 1.29 is 8.42 Å². The molecule has 21 heavy (non-hydrogen) atoms. The van der Waals surface area contributed by atoms with Crippen molar-refractivity contribution in [2.45, 2.75) is 31.6 Å². The zero-order chi connectivity index (χ0) is 15.0. The van der Waals surface area contributed by atoms with E-state index in [9.17, 15) is 8.42 Å². The van der Waals surface area contributed by atoms with Crippen LogP contribution in [0.5, 0.6) is 0 Å². The van der Waals surface area contributed by atoms with Crippen LogP contribution in [0.15, 0.2) is 23.1 Å². The van der Waals surface area contributed by atoms with E-state index in [4.69, 9.17) is 0 Å². The molecule has 1 aliphatic heterocycles. The Morgan fingerprint density at radius 2 is 2.14 bits per heavy atom. The summed E-state index contributed by atoms with van der Waals surface area (Å²) in [5.41, 5.74) is 2.93. The average Bonchev–Trinajstić information content (AvgIpc) is 2.76. The van der Waals surface area contributed by atoms with Crippen LogP contribution in [0.3, 0.4) is 0 Å². The molecule has 0 bridgehead atoms. The van der Waals surface area contributed by atoms with Crippen LogP contribution in [-0.2, 0) is 16.4 Å². The molecular weight excluding hydrogens is 306 g/mol. The highest BCUT2D eigenvalue weighted by Crippen LogP contribution is 2.28. The summed E-state index contributed by atoms with van der Waals surface area (Å²) in [5, 5.41) is 3.66. The zero-order valence-corrected chi connectivity index (χ0v) is 13.6. The van der Waals surface area contributed by atoms with Crippen molar-refractivity contribution in [1.82, 2.24) is 4.98 Å². The molecule has 2 aromatic rings. The van der Waals surface area contributed by atoms with Crippen LogP contribution in [0.2, 0.25) is 0 Å². The SMILES string of the molecule is Cc1nc(NS(=O)(=O)c2ccc3c(c2)NCCC3)sc1C. The predicted octanol–water partition coefficient (Wildman–Crippen LogP) is 2.92. The lowest BCUT2D eigenvalue weighted by Crippen LogP contribution is -2.16. The molecule has 2 heterocycles. The smallest absolute Gasteiger partial charge is 0.263 e. The van der Waals surface area contributed by atoms with Gasteiger partial charge in [-0.25, -0.2) is 13.4 Å². The molecule has 0 amide bonds. The number of benzene rings is 1. The van der Waals surface area contributed by atoms with Crippen LogP contribution in [0.4, 0.5) is 10.8 Å². The Hall–Kier alpha value is -1.60. The molecule has 3 rings (SSSR count). The van der Waals surface area contributed by atoms with E-state index in [1.807, 2.05) is 19.9 Å². The molecule has 0 atom stereocenters. The van der Waals surface area contributed by atoms with E-state index < -0.39 is 10.0 Å². The van der Waals surface area contributed by atoms with Crippen LogP contribution in [-0.4, -0.2) is 19.9 Å². The predicted molar refractivity (Wildman–Crippen MR) is 85.6 cm³/mol. The van der Waals surface area contributed by atoms with Crippen LogP contribution >= 0.6 is 11.3 Å². The summed E-state index contributed by atoms with van der Waals surface area (Å²) in [7, 11) is -3.59. The molecule has 1 aromatic carbocycles. The maximum Gasteiger partial charge on any atom is 0.263 e. The minimum atomic E-state index is -3.59. The second-order valence-electron chi connectivity index (χ2n) is 5.12. The minimum absolute atomic E-state index is 0.265. The number of aromatic nitrogens is 1. The van der Waals surface area contributed by atoms with E-state index in [1.54, 1.807) is 12.1 Å². The highest BCUT2D eigenvalue weighted by atomic mass is 32.2. The van der Waals surface area contributed by atoms with Crippen molar-refractivity contribution in [2.75, 3.05) is 16.6 Å². The minimum Gasteiger partial charge on any atom is -0.385 e. The molecule has 0 spiro atoms. The normalized spacial score (nSPS) is 14.4. The summed E-state index contributed by atoms with van der Waals surface area (Å²) in [6, 6.07) is 5.24. The van der Waals surface area contributed by atoms with Gasteiger partial charge in [-0.3, -0.25) is 4.72 Å². The van der Waals surface area contributed by atoms with Crippen molar-refractivity contribution in [1.29, 1.82) is 0 Å². The van der Waals surface area contributed by atoms with E-state index in [0.717, 1.165) is 35.6 Å². The fraction of sp³-hybridized carbons (Fsp3) is 0.357. The molecule has 7 heteroatoms. The third kappa shape index (κ3) is 2.89. The summed E-state index contributed by atoms with van der Waals surface area (Å²) in [6.45, 7) is 4.68. The molecule has 0 fully saturated rings. The number of aryl methyl sites for hydroxylation is 3. The van der Waals surface area contributed by atoms with Gasteiger partial charge in [0.2, 0.25) is 0 Å². The number of rotatable bonds is 3.